The number of sulfonamides is 1. The molecule has 0 aliphatic carbocycles. The van der Waals surface area contributed by atoms with Gasteiger partial charge in [-0.25, -0.2) is 18.4 Å². The summed E-state index contributed by atoms with van der Waals surface area (Å²) in [5.41, 5.74) is 1.93. The summed E-state index contributed by atoms with van der Waals surface area (Å²) in [7, 11) is -2.11. The number of benzene rings is 1. The van der Waals surface area contributed by atoms with Crippen molar-refractivity contribution in [2.45, 2.75) is 18.7 Å². The van der Waals surface area contributed by atoms with Crippen molar-refractivity contribution in [3.8, 4) is 5.75 Å². The molecule has 1 saturated heterocycles. The molecule has 7 nitrogen and oxygen atoms in total. The topological polar surface area (TPSA) is 75.6 Å². The van der Waals surface area contributed by atoms with Crippen molar-refractivity contribution >= 4 is 16.0 Å². The van der Waals surface area contributed by atoms with E-state index in [1.807, 2.05) is 18.7 Å². The third-order valence-electron chi connectivity index (χ3n) is 4.47. The lowest BCUT2D eigenvalue weighted by Gasteiger charge is -2.34. The third-order valence-corrected chi connectivity index (χ3v) is 6.39. The molecule has 2 aromatic rings. The molecule has 25 heavy (non-hydrogen) atoms. The first-order valence-electron chi connectivity index (χ1n) is 8.11. The number of aryl methyl sites for hydroxylation is 2. The van der Waals surface area contributed by atoms with Crippen LogP contribution in [0.2, 0.25) is 0 Å². The standard InChI is InChI=1S/C17H22N4O3S/c1-13-11-15(24-3)16(12-14(13)2)25(22,23)21-9-7-20(8-10-21)17-18-5-4-6-19-17/h4-6,11-12H,7-10H2,1-3H3. The highest BCUT2D eigenvalue weighted by atomic mass is 32.2. The van der Waals surface area contributed by atoms with Gasteiger partial charge in [0.15, 0.2) is 0 Å². The molecule has 0 unspecified atom stereocenters. The van der Waals surface area contributed by atoms with E-state index in [0.29, 0.717) is 37.9 Å². The molecule has 0 N–H and O–H groups in total. The van der Waals surface area contributed by atoms with Gasteiger partial charge >= 0.3 is 0 Å². The summed E-state index contributed by atoms with van der Waals surface area (Å²) in [6.07, 6.45) is 3.37. The molecule has 134 valence electrons. The second-order valence-corrected chi connectivity index (χ2v) is 7.93. The number of anilines is 1. The van der Waals surface area contributed by atoms with E-state index in [1.165, 1.54) is 11.4 Å². The van der Waals surface area contributed by atoms with Crippen LogP contribution in [0.4, 0.5) is 5.95 Å². The molecule has 8 heteroatoms. The van der Waals surface area contributed by atoms with Gasteiger partial charge in [-0.15, -0.1) is 0 Å². The fourth-order valence-electron chi connectivity index (χ4n) is 2.85. The second kappa shape index (κ2) is 6.97. The smallest absolute Gasteiger partial charge is 0.246 e. The van der Waals surface area contributed by atoms with Crippen molar-refractivity contribution in [2.24, 2.45) is 0 Å². The van der Waals surface area contributed by atoms with Gasteiger partial charge in [-0.2, -0.15) is 4.31 Å². The zero-order chi connectivity index (χ0) is 18.0. The van der Waals surface area contributed by atoms with Gasteiger partial charge < -0.3 is 9.64 Å². The molecule has 0 spiro atoms. The molecule has 2 heterocycles. The van der Waals surface area contributed by atoms with Gasteiger partial charge in [-0.05, 0) is 43.2 Å². The van der Waals surface area contributed by atoms with E-state index in [-0.39, 0.29) is 4.90 Å². The van der Waals surface area contributed by atoms with Crippen molar-refractivity contribution < 1.29 is 13.2 Å². The maximum atomic E-state index is 13.1. The van der Waals surface area contributed by atoms with E-state index in [2.05, 4.69) is 9.97 Å². The average molecular weight is 362 g/mol. The fourth-order valence-corrected chi connectivity index (χ4v) is 4.49. The molecular weight excluding hydrogens is 340 g/mol. The fraction of sp³-hybridized carbons (Fsp3) is 0.412. The molecule has 1 aliphatic heterocycles. The SMILES string of the molecule is COc1cc(C)c(C)cc1S(=O)(=O)N1CCN(c2ncccn2)CC1. The molecular formula is C17H22N4O3S. The van der Waals surface area contributed by atoms with E-state index in [9.17, 15) is 8.42 Å². The molecule has 1 aromatic carbocycles. The van der Waals surface area contributed by atoms with E-state index in [4.69, 9.17) is 4.74 Å². The Labute approximate surface area is 148 Å². The molecule has 0 saturated carbocycles. The van der Waals surface area contributed by atoms with Gasteiger partial charge in [-0.3, -0.25) is 0 Å². The van der Waals surface area contributed by atoms with Crippen LogP contribution < -0.4 is 9.64 Å². The van der Waals surface area contributed by atoms with Gasteiger partial charge in [0.25, 0.3) is 0 Å². The van der Waals surface area contributed by atoms with Crippen molar-refractivity contribution in [1.29, 1.82) is 0 Å². The highest BCUT2D eigenvalue weighted by molar-refractivity contribution is 7.89. The predicted molar refractivity (Wildman–Crippen MR) is 95.5 cm³/mol. The minimum Gasteiger partial charge on any atom is -0.495 e. The van der Waals surface area contributed by atoms with E-state index >= 15 is 0 Å². The summed E-state index contributed by atoms with van der Waals surface area (Å²) < 4.78 is 33.0. The molecule has 0 amide bonds. The molecule has 1 aliphatic rings. The number of methoxy groups -OCH3 is 1. The normalized spacial score (nSPS) is 16.0. The predicted octanol–water partition coefficient (Wildman–Crippen LogP) is 1.61. The molecule has 0 bridgehead atoms. The van der Waals surface area contributed by atoms with Crippen molar-refractivity contribution in [1.82, 2.24) is 14.3 Å². The number of rotatable bonds is 4. The summed E-state index contributed by atoms with van der Waals surface area (Å²) >= 11 is 0. The Morgan fingerprint density at radius 1 is 1.00 bits per heavy atom. The van der Waals surface area contributed by atoms with Crippen molar-refractivity contribution in [2.75, 3.05) is 38.2 Å². The Balaban J connectivity index is 1.82. The van der Waals surface area contributed by atoms with Gasteiger partial charge in [0.1, 0.15) is 10.6 Å². The third kappa shape index (κ3) is 3.45. The highest BCUT2D eigenvalue weighted by Gasteiger charge is 2.31. The first-order valence-corrected chi connectivity index (χ1v) is 9.55. The number of ether oxygens (including phenoxy) is 1. The van der Waals surface area contributed by atoms with Crippen LogP contribution in [0.25, 0.3) is 0 Å². The zero-order valence-electron chi connectivity index (χ0n) is 14.6. The number of piperazine rings is 1. The maximum absolute atomic E-state index is 13.1. The monoisotopic (exact) mass is 362 g/mol. The zero-order valence-corrected chi connectivity index (χ0v) is 15.5. The van der Waals surface area contributed by atoms with Gasteiger partial charge in [-0.1, -0.05) is 0 Å². The van der Waals surface area contributed by atoms with Crippen LogP contribution in [0.5, 0.6) is 5.75 Å². The summed E-state index contributed by atoms with van der Waals surface area (Å²) in [4.78, 5) is 10.7. The number of hydrogen-bond donors (Lipinski definition) is 0. The Kier molecular flexibility index (Phi) is 4.91. The van der Waals surface area contributed by atoms with Crippen LogP contribution in [0.15, 0.2) is 35.5 Å². The first-order chi connectivity index (χ1) is 11.9. The van der Waals surface area contributed by atoms with Gasteiger partial charge in [0.05, 0.1) is 7.11 Å². The molecule has 3 rings (SSSR count). The summed E-state index contributed by atoms with van der Waals surface area (Å²) in [5.74, 6) is 1.01. The highest BCUT2D eigenvalue weighted by Crippen LogP contribution is 2.30. The van der Waals surface area contributed by atoms with E-state index < -0.39 is 10.0 Å². The summed E-state index contributed by atoms with van der Waals surface area (Å²) in [5, 5.41) is 0. The lowest BCUT2D eigenvalue weighted by atomic mass is 10.1. The minimum atomic E-state index is -3.61. The minimum absolute atomic E-state index is 0.225. The summed E-state index contributed by atoms with van der Waals surface area (Å²) in [6, 6.07) is 5.22. The molecule has 1 aromatic heterocycles. The Morgan fingerprint density at radius 2 is 1.60 bits per heavy atom. The van der Waals surface area contributed by atoms with Gasteiger partial charge in [0, 0.05) is 38.6 Å². The van der Waals surface area contributed by atoms with Crippen LogP contribution >= 0.6 is 0 Å². The molecule has 0 radical (unpaired) electrons. The van der Waals surface area contributed by atoms with Crippen LogP contribution in [0.3, 0.4) is 0 Å². The number of aromatic nitrogens is 2. The van der Waals surface area contributed by atoms with Crippen molar-refractivity contribution in [3.05, 3.63) is 41.7 Å². The van der Waals surface area contributed by atoms with Crippen LogP contribution in [-0.2, 0) is 10.0 Å². The molecule has 1 fully saturated rings. The molecule has 0 atom stereocenters. The van der Waals surface area contributed by atoms with Crippen LogP contribution in [0.1, 0.15) is 11.1 Å². The van der Waals surface area contributed by atoms with Crippen LogP contribution in [0, 0.1) is 13.8 Å². The largest absolute Gasteiger partial charge is 0.495 e. The quantitative estimate of drug-likeness (QED) is 0.823. The second-order valence-electron chi connectivity index (χ2n) is 6.03. The number of hydrogen-bond acceptors (Lipinski definition) is 6. The lowest BCUT2D eigenvalue weighted by Crippen LogP contribution is -2.49. The van der Waals surface area contributed by atoms with Crippen molar-refractivity contribution in [3.63, 3.8) is 0 Å². The Hall–Kier alpha value is -2.19. The number of nitrogens with zero attached hydrogens (tertiary/aromatic N) is 4. The summed E-state index contributed by atoms with van der Waals surface area (Å²) in [6.45, 7) is 5.71. The van der Waals surface area contributed by atoms with Crippen LogP contribution in [-0.4, -0.2) is 56.0 Å². The Morgan fingerprint density at radius 3 is 2.20 bits per heavy atom. The maximum Gasteiger partial charge on any atom is 0.246 e. The van der Waals surface area contributed by atoms with E-state index in [1.54, 1.807) is 30.6 Å². The average Bonchev–Trinajstić information content (AvgIpc) is 2.64. The van der Waals surface area contributed by atoms with Gasteiger partial charge in [0.2, 0.25) is 16.0 Å². The lowest BCUT2D eigenvalue weighted by molar-refractivity contribution is 0.372. The first kappa shape index (κ1) is 17.6. The Bertz CT molecular complexity index is 848. The van der Waals surface area contributed by atoms with E-state index in [0.717, 1.165) is 11.1 Å².